The summed E-state index contributed by atoms with van der Waals surface area (Å²) < 4.78 is 17.1. The fourth-order valence-corrected chi connectivity index (χ4v) is 3.48. The zero-order chi connectivity index (χ0) is 18.1. The summed E-state index contributed by atoms with van der Waals surface area (Å²) in [6, 6.07) is 10.2. The van der Waals surface area contributed by atoms with Gasteiger partial charge >= 0.3 is 0 Å². The molecule has 4 atom stereocenters. The minimum atomic E-state index is -0.0356. The molecular formula is C19H24N4O3. The summed E-state index contributed by atoms with van der Waals surface area (Å²) in [4.78, 5) is 11.1. The molecule has 0 bridgehead atoms. The molecule has 2 saturated heterocycles. The SMILES string of the molecule is CO[C@@H]1CO[C@H]2[C@H]1OC[C@H]2Nc1nccc(-c2ccc(N(C)C)cc2)n1. The fourth-order valence-electron chi connectivity index (χ4n) is 3.48. The van der Waals surface area contributed by atoms with Gasteiger partial charge in [-0.2, -0.15) is 0 Å². The Kier molecular flexibility index (Phi) is 4.76. The molecule has 2 aliphatic rings. The largest absolute Gasteiger partial charge is 0.378 e. The van der Waals surface area contributed by atoms with Crippen LogP contribution in [0.15, 0.2) is 36.5 Å². The van der Waals surface area contributed by atoms with Gasteiger partial charge in [0, 0.05) is 38.7 Å². The van der Waals surface area contributed by atoms with Crippen molar-refractivity contribution in [2.45, 2.75) is 24.4 Å². The number of hydrogen-bond acceptors (Lipinski definition) is 7. The molecule has 2 fully saturated rings. The maximum absolute atomic E-state index is 5.84. The van der Waals surface area contributed by atoms with Crippen molar-refractivity contribution in [1.29, 1.82) is 0 Å². The fraction of sp³-hybridized carbons (Fsp3) is 0.474. The molecule has 0 spiro atoms. The Labute approximate surface area is 153 Å². The molecule has 7 heteroatoms. The van der Waals surface area contributed by atoms with Crippen molar-refractivity contribution >= 4 is 11.6 Å². The van der Waals surface area contributed by atoms with E-state index in [0.29, 0.717) is 19.2 Å². The van der Waals surface area contributed by atoms with E-state index in [1.54, 1.807) is 13.3 Å². The van der Waals surface area contributed by atoms with Crippen LogP contribution in [0.25, 0.3) is 11.3 Å². The molecule has 2 aliphatic heterocycles. The van der Waals surface area contributed by atoms with Crippen LogP contribution in [0.1, 0.15) is 0 Å². The molecule has 0 unspecified atom stereocenters. The Balaban J connectivity index is 1.48. The van der Waals surface area contributed by atoms with Gasteiger partial charge in [0.05, 0.1) is 24.9 Å². The molecule has 0 aliphatic carbocycles. The molecule has 1 N–H and O–H groups in total. The van der Waals surface area contributed by atoms with Gasteiger partial charge in [-0.15, -0.1) is 0 Å². The van der Waals surface area contributed by atoms with Crippen molar-refractivity contribution in [3.8, 4) is 11.3 Å². The summed E-state index contributed by atoms with van der Waals surface area (Å²) in [5, 5.41) is 3.36. The van der Waals surface area contributed by atoms with E-state index in [-0.39, 0.29) is 24.4 Å². The molecule has 2 aromatic rings. The first-order chi connectivity index (χ1) is 12.7. The monoisotopic (exact) mass is 356 g/mol. The number of fused-ring (bicyclic) bond motifs is 1. The topological polar surface area (TPSA) is 68.7 Å². The summed E-state index contributed by atoms with van der Waals surface area (Å²) in [6.07, 6.45) is 1.70. The van der Waals surface area contributed by atoms with Crippen LogP contribution in [0.2, 0.25) is 0 Å². The lowest BCUT2D eigenvalue weighted by atomic mass is 10.1. The number of methoxy groups -OCH3 is 1. The van der Waals surface area contributed by atoms with Crippen molar-refractivity contribution in [3.63, 3.8) is 0 Å². The number of rotatable bonds is 5. The second kappa shape index (κ2) is 7.19. The van der Waals surface area contributed by atoms with Gasteiger partial charge in [-0.3, -0.25) is 0 Å². The average molecular weight is 356 g/mol. The maximum Gasteiger partial charge on any atom is 0.223 e. The second-order valence-corrected chi connectivity index (χ2v) is 6.83. The molecular weight excluding hydrogens is 332 g/mol. The maximum atomic E-state index is 5.84. The molecule has 138 valence electrons. The number of benzene rings is 1. The quantitative estimate of drug-likeness (QED) is 0.876. The van der Waals surface area contributed by atoms with Crippen molar-refractivity contribution in [1.82, 2.24) is 9.97 Å². The summed E-state index contributed by atoms with van der Waals surface area (Å²) in [5.74, 6) is 0.581. The smallest absolute Gasteiger partial charge is 0.223 e. The van der Waals surface area contributed by atoms with E-state index in [9.17, 15) is 0 Å². The van der Waals surface area contributed by atoms with Crippen LogP contribution in [0, 0.1) is 0 Å². The van der Waals surface area contributed by atoms with Crippen molar-refractivity contribution in [2.24, 2.45) is 0 Å². The van der Waals surface area contributed by atoms with E-state index in [2.05, 4.69) is 44.5 Å². The second-order valence-electron chi connectivity index (χ2n) is 6.83. The number of nitrogens with zero attached hydrogens (tertiary/aromatic N) is 3. The number of hydrogen-bond donors (Lipinski definition) is 1. The van der Waals surface area contributed by atoms with E-state index in [1.807, 2.05) is 20.2 Å². The molecule has 0 saturated carbocycles. The normalized spacial score (nSPS) is 27.3. The highest BCUT2D eigenvalue weighted by Crippen LogP contribution is 2.30. The molecule has 3 heterocycles. The molecule has 1 aromatic heterocycles. The number of anilines is 2. The standard InChI is InChI=1S/C19H24N4O3/c1-23(2)13-6-4-12(5-7-13)14-8-9-20-19(21-14)22-15-10-25-18-16(24-3)11-26-17(15)18/h4-9,15-18H,10-11H2,1-3H3,(H,20,21,22)/t15-,16-,17-,18+/m1/s1. The van der Waals surface area contributed by atoms with Gasteiger partial charge in [0.2, 0.25) is 5.95 Å². The van der Waals surface area contributed by atoms with Crippen LogP contribution >= 0.6 is 0 Å². The van der Waals surface area contributed by atoms with Crippen LogP contribution < -0.4 is 10.2 Å². The van der Waals surface area contributed by atoms with Gasteiger partial charge in [0.25, 0.3) is 0 Å². The summed E-state index contributed by atoms with van der Waals surface area (Å²) >= 11 is 0. The van der Waals surface area contributed by atoms with Crippen LogP contribution in [0.4, 0.5) is 11.6 Å². The zero-order valence-corrected chi connectivity index (χ0v) is 15.3. The summed E-state index contributed by atoms with van der Waals surface area (Å²) in [5.41, 5.74) is 3.09. The van der Waals surface area contributed by atoms with Crippen LogP contribution in [0.3, 0.4) is 0 Å². The van der Waals surface area contributed by atoms with Gasteiger partial charge < -0.3 is 24.4 Å². The third kappa shape index (κ3) is 3.25. The highest BCUT2D eigenvalue weighted by atomic mass is 16.6. The summed E-state index contributed by atoms with van der Waals surface area (Å²) in [6.45, 7) is 1.11. The number of ether oxygens (including phenoxy) is 3. The lowest BCUT2D eigenvalue weighted by Crippen LogP contribution is -2.36. The van der Waals surface area contributed by atoms with E-state index >= 15 is 0 Å². The van der Waals surface area contributed by atoms with Gasteiger partial charge in [0.1, 0.15) is 18.3 Å². The Hall–Kier alpha value is -2.22. The first-order valence-corrected chi connectivity index (χ1v) is 8.79. The van der Waals surface area contributed by atoms with Gasteiger partial charge in [0.15, 0.2) is 0 Å². The predicted molar refractivity (Wildman–Crippen MR) is 99.5 cm³/mol. The third-order valence-corrected chi connectivity index (χ3v) is 4.96. The average Bonchev–Trinajstić information content (AvgIpc) is 3.25. The molecule has 0 amide bonds. The lowest BCUT2D eigenvalue weighted by molar-refractivity contribution is -0.00757. The Morgan fingerprint density at radius 1 is 1.08 bits per heavy atom. The highest BCUT2D eigenvalue weighted by Gasteiger charge is 2.48. The highest BCUT2D eigenvalue weighted by molar-refractivity contribution is 5.63. The Morgan fingerprint density at radius 2 is 1.85 bits per heavy atom. The van der Waals surface area contributed by atoms with E-state index in [0.717, 1.165) is 16.9 Å². The third-order valence-electron chi connectivity index (χ3n) is 4.96. The van der Waals surface area contributed by atoms with Crippen molar-refractivity contribution < 1.29 is 14.2 Å². The van der Waals surface area contributed by atoms with Gasteiger partial charge in [-0.25, -0.2) is 9.97 Å². The minimum Gasteiger partial charge on any atom is -0.378 e. The Bertz CT molecular complexity index is 753. The van der Waals surface area contributed by atoms with E-state index < -0.39 is 0 Å². The number of nitrogens with one attached hydrogen (secondary N) is 1. The number of aromatic nitrogens is 2. The molecule has 4 rings (SSSR count). The van der Waals surface area contributed by atoms with E-state index in [4.69, 9.17) is 14.2 Å². The first kappa shape index (κ1) is 17.2. The van der Waals surface area contributed by atoms with Crippen LogP contribution in [-0.4, -0.2) is 68.7 Å². The lowest BCUT2D eigenvalue weighted by Gasteiger charge is -2.18. The predicted octanol–water partition coefficient (Wildman–Crippen LogP) is 1.80. The van der Waals surface area contributed by atoms with Gasteiger partial charge in [-0.1, -0.05) is 12.1 Å². The van der Waals surface area contributed by atoms with E-state index in [1.165, 1.54) is 0 Å². The summed E-state index contributed by atoms with van der Waals surface area (Å²) in [7, 11) is 5.74. The first-order valence-electron chi connectivity index (χ1n) is 8.79. The molecule has 7 nitrogen and oxygen atoms in total. The van der Waals surface area contributed by atoms with Crippen LogP contribution in [0.5, 0.6) is 0 Å². The Morgan fingerprint density at radius 3 is 2.58 bits per heavy atom. The van der Waals surface area contributed by atoms with Crippen LogP contribution in [-0.2, 0) is 14.2 Å². The minimum absolute atomic E-state index is 0.00531. The molecule has 26 heavy (non-hydrogen) atoms. The van der Waals surface area contributed by atoms with Crippen molar-refractivity contribution in [3.05, 3.63) is 36.5 Å². The van der Waals surface area contributed by atoms with Gasteiger partial charge in [-0.05, 0) is 18.2 Å². The molecule has 0 radical (unpaired) electrons. The molecule has 1 aromatic carbocycles. The zero-order valence-electron chi connectivity index (χ0n) is 15.3. The van der Waals surface area contributed by atoms with Crippen molar-refractivity contribution in [2.75, 3.05) is 44.6 Å².